The van der Waals surface area contributed by atoms with Crippen LogP contribution < -0.4 is 0 Å². The number of benzene rings is 1. The van der Waals surface area contributed by atoms with Crippen molar-refractivity contribution >= 4 is 23.6 Å². The van der Waals surface area contributed by atoms with E-state index in [2.05, 4.69) is 22.4 Å². The molecule has 19 heavy (non-hydrogen) atoms. The molecule has 1 heterocycles. The van der Waals surface area contributed by atoms with E-state index < -0.39 is 0 Å². The van der Waals surface area contributed by atoms with Crippen molar-refractivity contribution in [1.29, 1.82) is 0 Å². The third kappa shape index (κ3) is 4.06. The molecule has 1 aromatic carbocycles. The second kappa shape index (κ2) is 6.89. The molecule has 0 fully saturated rings. The zero-order valence-electron chi connectivity index (χ0n) is 10.7. The summed E-state index contributed by atoms with van der Waals surface area (Å²) < 4.78 is 7.29. The minimum absolute atomic E-state index is 0.660. The van der Waals surface area contributed by atoms with E-state index in [1.165, 1.54) is 11.0 Å². The second-order valence-corrected chi connectivity index (χ2v) is 4.43. The third-order valence-electron chi connectivity index (χ3n) is 2.50. The lowest BCUT2D eigenvalue weighted by Gasteiger charge is -2.10. The Bertz CT molecular complexity index is 522. The Morgan fingerprint density at radius 1 is 1.37 bits per heavy atom. The van der Waals surface area contributed by atoms with Gasteiger partial charge in [0.25, 0.3) is 0 Å². The number of unbranched alkanes of at least 4 members (excludes halogenated alkanes) is 1. The average Bonchev–Trinajstić information content (AvgIpc) is 2.92. The topological polar surface area (TPSA) is 52.8 Å². The van der Waals surface area contributed by atoms with Crippen molar-refractivity contribution in [3.05, 3.63) is 41.2 Å². The highest BCUT2D eigenvalue weighted by atomic mass is 35.5. The molecule has 0 aliphatic heterocycles. The Morgan fingerprint density at radius 2 is 2.16 bits per heavy atom. The van der Waals surface area contributed by atoms with Crippen LogP contribution in [0.15, 0.2) is 30.6 Å². The lowest BCUT2D eigenvalue weighted by molar-refractivity contribution is 0.271. The van der Waals surface area contributed by atoms with Gasteiger partial charge in [-0.15, -0.1) is 5.10 Å². The summed E-state index contributed by atoms with van der Waals surface area (Å²) in [6, 6.07) is 7.47. The normalized spacial score (nSPS) is 11.6. The van der Waals surface area contributed by atoms with E-state index in [4.69, 9.17) is 16.3 Å². The third-order valence-corrected chi connectivity index (χ3v) is 2.75. The van der Waals surface area contributed by atoms with Crippen molar-refractivity contribution in [2.24, 2.45) is 0 Å². The van der Waals surface area contributed by atoms with Gasteiger partial charge in [0.15, 0.2) is 0 Å². The summed E-state index contributed by atoms with van der Waals surface area (Å²) in [6.45, 7) is 2.78. The maximum Gasteiger partial charge on any atom is 0.144 e. The van der Waals surface area contributed by atoms with Crippen LogP contribution in [0.2, 0.25) is 5.02 Å². The van der Waals surface area contributed by atoms with Crippen molar-refractivity contribution in [2.75, 3.05) is 6.61 Å². The van der Waals surface area contributed by atoms with Gasteiger partial charge in [0, 0.05) is 10.6 Å². The quantitative estimate of drug-likeness (QED) is 0.602. The SMILES string of the molecule is CCCCO/C(=C\n1cnnn1)c1ccc(Cl)cc1. The highest BCUT2D eigenvalue weighted by molar-refractivity contribution is 6.30. The summed E-state index contributed by atoms with van der Waals surface area (Å²) in [5, 5.41) is 11.7. The van der Waals surface area contributed by atoms with Crippen molar-refractivity contribution in [1.82, 2.24) is 20.2 Å². The van der Waals surface area contributed by atoms with Gasteiger partial charge < -0.3 is 4.74 Å². The molecular weight excluding hydrogens is 264 g/mol. The van der Waals surface area contributed by atoms with Crippen molar-refractivity contribution in [3.8, 4) is 0 Å². The lowest BCUT2D eigenvalue weighted by Crippen LogP contribution is -1.98. The first kappa shape index (κ1) is 13.5. The minimum Gasteiger partial charge on any atom is -0.491 e. The lowest BCUT2D eigenvalue weighted by atomic mass is 10.2. The van der Waals surface area contributed by atoms with Crippen LogP contribution in [0.25, 0.3) is 12.0 Å². The zero-order chi connectivity index (χ0) is 13.5. The van der Waals surface area contributed by atoms with E-state index in [1.54, 1.807) is 6.20 Å². The van der Waals surface area contributed by atoms with Gasteiger partial charge >= 0.3 is 0 Å². The average molecular weight is 279 g/mol. The molecule has 6 heteroatoms. The van der Waals surface area contributed by atoms with E-state index in [0.717, 1.165) is 24.2 Å². The Balaban J connectivity index is 2.20. The maximum atomic E-state index is 5.89. The van der Waals surface area contributed by atoms with Gasteiger partial charge in [0.2, 0.25) is 0 Å². The highest BCUT2D eigenvalue weighted by Crippen LogP contribution is 2.19. The first-order chi connectivity index (χ1) is 9.29. The number of halogens is 1. The molecule has 0 unspecified atom stereocenters. The molecule has 0 aliphatic rings. The molecule has 2 rings (SSSR count). The monoisotopic (exact) mass is 278 g/mol. The first-order valence-corrected chi connectivity index (χ1v) is 6.50. The highest BCUT2D eigenvalue weighted by Gasteiger charge is 2.04. The van der Waals surface area contributed by atoms with Crippen molar-refractivity contribution in [2.45, 2.75) is 19.8 Å². The van der Waals surface area contributed by atoms with Crippen LogP contribution in [0.1, 0.15) is 25.3 Å². The van der Waals surface area contributed by atoms with Crippen LogP contribution in [0.3, 0.4) is 0 Å². The molecule has 2 aromatic rings. The van der Waals surface area contributed by atoms with Gasteiger partial charge in [-0.25, -0.2) is 4.68 Å². The van der Waals surface area contributed by atoms with Crippen LogP contribution in [-0.2, 0) is 4.74 Å². The van der Waals surface area contributed by atoms with E-state index in [9.17, 15) is 0 Å². The molecule has 0 saturated carbocycles. The van der Waals surface area contributed by atoms with Gasteiger partial charge in [0.1, 0.15) is 12.1 Å². The molecule has 0 bridgehead atoms. The molecule has 1 aromatic heterocycles. The fraction of sp³-hybridized carbons (Fsp3) is 0.308. The number of tetrazole rings is 1. The minimum atomic E-state index is 0.660. The molecule has 0 spiro atoms. The molecule has 0 aliphatic carbocycles. The summed E-state index contributed by atoms with van der Waals surface area (Å²) in [5.41, 5.74) is 0.941. The van der Waals surface area contributed by atoms with E-state index in [1.807, 2.05) is 24.3 Å². The zero-order valence-corrected chi connectivity index (χ0v) is 11.4. The number of aromatic nitrogens is 4. The van der Waals surface area contributed by atoms with Crippen LogP contribution in [0.5, 0.6) is 0 Å². The molecule has 0 N–H and O–H groups in total. The van der Waals surface area contributed by atoms with Crippen LogP contribution in [-0.4, -0.2) is 26.8 Å². The van der Waals surface area contributed by atoms with Gasteiger partial charge in [-0.3, -0.25) is 0 Å². The van der Waals surface area contributed by atoms with Crippen LogP contribution in [0, 0.1) is 0 Å². The maximum absolute atomic E-state index is 5.89. The van der Waals surface area contributed by atoms with Crippen molar-refractivity contribution < 1.29 is 4.74 Å². The largest absolute Gasteiger partial charge is 0.491 e. The van der Waals surface area contributed by atoms with Gasteiger partial charge in [-0.05, 0) is 41.1 Å². The fourth-order valence-electron chi connectivity index (χ4n) is 1.48. The molecule has 5 nitrogen and oxygen atoms in total. The summed E-state index contributed by atoms with van der Waals surface area (Å²) in [7, 11) is 0. The smallest absolute Gasteiger partial charge is 0.144 e. The van der Waals surface area contributed by atoms with Gasteiger partial charge in [-0.1, -0.05) is 24.9 Å². The van der Waals surface area contributed by atoms with Crippen molar-refractivity contribution in [3.63, 3.8) is 0 Å². The van der Waals surface area contributed by atoms with Crippen LogP contribution in [0.4, 0.5) is 0 Å². The van der Waals surface area contributed by atoms with Gasteiger partial charge in [-0.2, -0.15) is 0 Å². The second-order valence-electron chi connectivity index (χ2n) is 3.99. The summed E-state index contributed by atoms with van der Waals surface area (Å²) in [6.07, 6.45) is 5.34. The first-order valence-electron chi connectivity index (χ1n) is 6.12. The molecule has 0 amide bonds. The van der Waals surface area contributed by atoms with E-state index >= 15 is 0 Å². The molecule has 100 valence electrons. The molecular formula is C13H15ClN4O. The summed E-state index contributed by atoms with van der Waals surface area (Å²) in [5.74, 6) is 0.720. The number of hydrogen-bond donors (Lipinski definition) is 0. The summed E-state index contributed by atoms with van der Waals surface area (Å²) in [4.78, 5) is 0. The molecule has 0 radical (unpaired) electrons. The predicted octanol–water partition coefficient (Wildman–Crippen LogP) is 3.10. The fourth-order valence-corrected chi connectivity index (χ4v) is 1.61. The Morgan fingerprint density at radius 3 is 2.79 bits per heavy atom. The Labute approximate surface area is 116 Å². The molecule has 0 atom stereocenters. The van der Waals surface area contributed by atoms with E-state index in [-0.39, 0.29) is 0 Å². The Hall–Kier alpha value is -1.88. The standard InChI is InChI=1S/C13H15ClN4O/c1-2-3-8-19-13(9-18-10-15-16-17-18)11-4-6-12(14)7-5-11/h4-7,9-10H,2-3,8H2,1H3/b13-9-. The predicted molar refractivity (Wildman–Crippen MR) is 74.3 cm³/mol. The number of hydrogen-bond acceptors (Lipinski definition) is 4. The number of ether oxygens (including phenoxy) is 1. The van der Waals surface area contributed by atoms with Gasteiger partial charge in [0.05, 0.1) is 12.8 Å². The molecule has 0 saturated heterocycles. The number of nitrogens with zero attached hydrogens (tertiary/aromatic N) is 4. The Kier molecular flexibility index (Phi) is 4.92. The summed E-state index contributed by atoms with van der Waals surface area (Å²) >= 11 is 5.89. The number of rotatable bonds is 6. The van der Waals surface area contributed by atoms with Crippen LogP contribution >= 0.6 is 11.6 Å². The van der Waals surface area contributed by atoms with E-state index in [0.29, 0.717) is 11.6 Å².